The topological polar surface area (TPSA) is 51.2 Å². The fraction of sp³-hybridized carbons (Fsp3) is 0.472. The predicted molar refractivity (Wildman–Crippen MR) is 158 cm³/mol. The Bertz CT molecular complexity index is 1550. The summed E-state index contributed by atoms with van der Waals surface area (Å²) in [4.78, 5) is 41.5. The molecule has 3 aliphatic carbocycles. The third-order valence-electron chi connectivity index (χ3n) is 10.5. The third kappa shape index (κ3) is 3.65. The van der Waals surface area contributed by atoms with Crippen molar-refractivity contribution >= 4 is 17.3 Å². The molecule has 0 saturated carbocycles. The van der Waals surface area contributed by atoms with Gasteiger partial charge < -0.3 is 0 Å². The quantitative estimate of drug-likeness (QED) is 0.380. The zero-order chi connectivity index (χ0) is 28.8. The summed E-state index contributed by atoms with van der Waals surface area (Å²) in [5, 5.41) is 0. The molecule has 3 unspecified atom stereocenters. The van der Waals surface area contributed by atoms with E-state index in [9.17, 15) is 14.4 Å². The van der Waals surface area contributed by atoms with Crippen LogP contribution in [0.3, 0.4) is 0 Å². The molecule has 2 aromatic rings. The van der Waals surface area contributed by atoms with E-state index in [4.69, 9.17) is 0 Å². The first-order valence-corrected chi connectivity index (χ1v) is 14.3. The fourth-order valence-electron chi connectivity index (χ4n) is 8.64. The summed E-state index contributed by atoms with van der Waals surface area (Å²) in [5.41, 5.74) is 8.90. The maximum atomic E-state index is 14.8. The van der Waals surface area contributed by atoms with Gasteiger partial charge in [0.25, 0.3) is 0 Å². The van der Waals surface area contributed by atoms with Crippen LogP contribution in [-0.2, 0) is 16.0 Å². The Morgan fingerprint density at radius 3 is 2.21 bits per heavy atom. The molecule has 0 spiro atoms. The number of allylic oxidation sites excluding steroid dienone is 4. The predicted octanol–water partition coefficient (Wildman–Crippen LogP) is 8.45. The summed E-state index contributed by atoms with van der Waals surface area (Å²) in [7, 11) is 0. The average molecular weight is 523 g/mol. The number of Topliss-reactive ketones (excluding diaryl/α,β-unsaturated/α-hetero) is 3. The van der Waals surface area contributed by atoms with Crippen LogP contribution in [0, 0.1) is 30.1 Å². The fourth-order valence-corrected chi connectivity index (χ4v) is 8.64. The van der Waals surface area contributed by atoms with Crippen LogP contribution < -0.4 is 0 Å². The molecule has 3 heteroatoms. The van der Waals surface area contributed by atoms with Crippen molar-refractivity contribution in [3.8, 4) is 11.1 Å². The summed E-state index contributed by atoms with van der Waals surface area (Å²) in [5.74, 6) is 0.0549. The zero-order valence-electron chi connectivity index (χ0n) is 25.3. The largest absolute Gasteiger partial charge is 0.294 e. The molecule has 0 heterocycles. The van der Waals surface area contributed by atoms with Gasteiger partial charge in [-0.15, -0.1) is 0 Å². The van der Waals surface area contributed by atoms with Crippen LogP contribution in [0.25, 0.3) is 11.1 Å². The van der Waals surface area contributed by atoms with Crippen LogP contribution in [0.4, 0.5) is 0 Å². The Morgan fingerprint density at radius 1 is 0.949 bits per heavy atom. The molecule has 0 N–H and O–H groups in total. The van der Waals surface area contributed by atoms with E-state index in [2.05, 4.69) is 71.9 Å². The zero-order valence-corrected chi connectivity index (χ0v) is 25.3. The summed E-state index contributed by atoms with van der Waals surface area (Å²) >= 11 is 0. The Kier molecular flexibility index (Phi) is 6.14. The van der Waals surface area contributed by atoms with Crippen molar-refractivity contribution in [3.63, 3.8) is 0 Å². The van der Waals surface area contributed by atoms with E-state index in [1.165, 1.54) is 23.6 Å². The number of ketones is 3. The molecular formula is C36H42O3. The highest BCUT2D eigenvalue weighted by Gasteiger charge is 2.63. The van der Waals surface area contributed by atoms with Gasteiger partial charge in [0.15, 0.2) is 17.3 Å². The van der Waals surface area contributed by atoms with Crippen molar-refractivity contribution in [2.24, 2.45) is 16.2 Å². The highest BCUT2D eigenvalue weighted by molar-refractivity contribution is 6.24. The SMILES string of the molecule is CC(=O)C1=C(C)CC2(C)CC3(C)Cc4c(C(C)C)cc(-c5cccc(C)c5)c(C)c4C(=O)C3=C(C)C2(C)C1=O. The van der Waals surface area contributed by atoms with Gasteiger partial charge in [-0.25, -0.2) is 0 Å². The van der Waals surface area contributed by atoms with Crippen molar-refractivity contribution in [3.05, 3.63) is 80.4 Å². The lowest BCUT2D eigenvalue weighted by Crippen LogP contribution is -2.57. The van der Waals surface area contributed by atoms with Crippen LogP contribution in [0.2, 0.25) is 0 Å². The number of fused-ring (bicyclic) bond motifs is 3. The standard InChI is InChI=1S/C36H42O3/c1-19(2)26-15-27(25-13-11-12-20(3)14-25)22(5)30-28(26)17-34(8)18-35(9)16-21(4)29(24(7)37)33(39)36(35,10)23(6)31(34)32(30)38/h11-15,19H,16-18H2,1-10H3. The van der Waals surface area contributed by atoms with Gasteiger partial charge in [0, 0.05) is 16.6 Å². The van der Waals surface area contributed by atoms with Gasteiger partial charge in [-0.3, -0.25) is 14.4 Å². The molecule has 204 valence electrons. The molecule has 0 aliphatic heterocycles. The minimum atomic E-state index is -0.890. The second kappa shape index (κ2) is 8.71. The smallest absolute Gasteiger partial charge is 0.190 e. The van der Waals surface area contributed by atoms with Crippen LogP contribution in [0.1, 0.15) is 107 Å². The number of rotatable bonds is 3. The third-order valence-corrected chi connectivity index (χ3v) is 10.5. The molecule has 0 bridgehead atoms. The number of carbonyl (C=O) groups is 3. The molecule has 0 amide bonds. The van der Waals surface area contributed by atoms with E-state index in [0.29, 0.717) is 12.0 Å². The first kappa shape index (κ1) is 27.5. The Morgan fingerprint density at radius 2 is 1.62 bits per heavy atom. The van der Waals surface area contributed by atoms with Gasteiger partial charge in [-0.2, -0.15) is 0 Å². The lowest BCUT2D eigenvalue weighted by molar-refractivity contribution is -0.134. The molecule has 0 saturated heterocycles. The molecule has 5 rings (SSSR count). The first-order valence-electron chi connectivity index (χ1n) is 14.3. The number of carbonyl (C=O) groups excluding carboxylic acids is 3. The summed E-state index contributed by atoms with van der Waals surface area (Å²) in [6.07, 6.45) is 2.21. The van der Waals surface area contributed by atoms with E-state index in [-0.39, 0.29) is 34.1 Å². The molecule has 3 atom stereocenters. The molecule has 3 nitrogen and oxygen atoms in total. The monoisotopic (exact) mass is 522 g/mol. The molecule has 0 radical (unpaired) electrons. The van der Waals surface area contributed by atoms with Gasteiger partial charge in [0.1, 0.15) is 0 Å². The van der Waals surface area contributed by atoms with Crippen LogP contribution in [-0.4, -0.2) is 17.3 Å². The van der Waals surface area contributed by atoms with Gasteiger partial charge in [0.05, 0.1) is 11.0 Å². The van der Waals surface area contributed by atoms with Crippen molar-refractivity contribution in [1.82, 2.24) is 0 Å². The lowest BCUT2D eigenvalue weighted by atomic mass is 9.42. The van der Waals surface area contributed by atoms with Crippen LogP contribution in [0.5, 0.6) is 0 Å². The maximum absolute atomic E-state index is 14.8. The number of hydrogen-bond acceptors (Lipinski definition) is 3. The second-order valence-corrected chi connectivity index (χ2v) is 13.7. The molecule has 0 aromatic heterocycles. The van der Waals surface area contributed by atoms with Crippen molar-refractivity contribution in [1.29, 1.82) is 0 Å². The number of hydrogen-bond donors (Lipinski definition) is 0. The normalized spacial score (nSPS) is 28.5. The highest BCUT2D eigenvalue weighted by Crippen LogP contribution is 2.66. The van der Waals surface area contributed by atoms with Crippen LogP contribution >= 0.6 is 0 Å². The Labute approximate surface area is 233 Å². The summed E-state index contributed by atoms with van der Waals surface area (Å²) in [6.45, 7) is 20.4. The van der Waals surface area contributed by atoms with Crippen molar-refractivity contribution in [2.75, 3.05) is 0 Å². The van der Waals surface area contributed by atoms with Crippen LogP contribution in [0.15, 0.2) is 52.6 Å². The number of benzene rings is 2. The van der Waals surface area contributed by atoms with Gasteiger partial charge >= 0.3 is 0 Å². The Balaban J connectivity index is 1.80. The first-order chi connectivity index (χ1) is 18.1. The van der Waals surface area contributed by atoms with E-state index >= 15 is 0 Å². The molecule has 3 aliphatic rings. The van der Waals surface area contributed by atoms with E-state index in [0.717, 1.165) is 51.8 Å². The van der Waals surface area contributed by atoms with E-state index in [1.54, 1.807) is 0 Å². The Hall–Kier alpha value is -3.07. The maximum Gasteiger partial charge on any atom is 0.190 e. The second-order valence-electron chi connectivity index (χ2n) is 13.7. The van der Waals surface area contributed by atoms with E-state index < -0.39 is 5.41 Å². The van der Waals surface area contributed by atoms with E-state index in [1.807, 2.05) is 20.8 Å². The van der Waals surface area contributed by atoms with Crippen molar-refractivity contribution in [2.45, 2.75) is 94.4 Å². The average Bonchev–Trinajstić information content (AvgIpc) is 2.80. The molecule has 2 aromatic carbocycles. The van der Waals surface area contributed by atoms with Gasteiger partial charge in [0.2, 0.25) is 0 Å². The summed E-state index contributed by atoms with van der Waals surface area (Å²) < 4.78 is 0. The number of aryl methyl sites for hydroxylation is 1. The lowest BCUT2D eigenvalue weighted by Gasteiger charge is -2.59. The van der Waals surface area contributed by atoms with Gasteiger partial charge in [-0.1, -0.05) is 74.7 Å². The minimum absolute atomic E-state index is 0.0666. The van der Waals surface area contributed by atoms with Crippen molar-refractivity contribution < 1.29 is 14.4 Å². The van der Waals surface area contributed by atoms with Gasteiger partial charge in [-0.05, 0) is 100.0 Å². The summed E-state index contributed by atoms with van der Waals surface area (Å²) in [6, 6.07) is 10.8. The highest BCUT2D eigenvalue weighted by atomic mass is 16.2. The minimum Gasteiger partial charge on any atom is -0.294 e. The molecule has 0 fully saturated rings. The molecular weight excluding hydrogens is 480 g/mol. The molecule has 39 heavy (non-hydrogen) atoms.